The quantitative estimate of drug-likeness (QED) is 0.694. The van der Waals surface area contributed by atoms with Crippen LogP contribution < -0.4 is 10.6 Å². The van der Waals surface area contributed by atoms with Gasteiger partial charge in [0.05, 0.1) is 11.5 Å². The third-order valence-corrected chi connectivity index (χ3v) is 7.12. The molecule has 2 N–H and O–H groups in total. The molecule has 8 nitrogen and oxygen atoms in total. The lowest BCUT2D eigenvalue weighted by molar-refractivity contribution is -0.135. The van der Waals surface area contributed by atoms with Crippen LogP contribution in [0, 0.1) is 0 Å². The predicted molar refractivity (Wildman–Crippen MR) is 90.5 cm³/mol. The van der Waals surface area contributed by atoms with Crippen LogP contribution in [0.4, 0.5) is 4.79 Å². The van der Waals surface area contributed by atoms with Crippen molar-refractivity contribution in [3.05, 3.63) is 0 Å². The summed E-state index contributed by atoms with van der Waals surface area (Å²) in [4.78, 5) is 38.2. The number of nitrogens with zero attached hydrogens (tertiary/aromatic N) is 1. The number of urea groups is 1. The lowest BCUT2D eigenvalue weighted by Crippen LogP contribution is -2.48. The molecule has 3 aliphatic rings. The minimum atomic E-state index is -3.09. The van der Waals surface area contributed by atoms with Crippen LogP contribution in [0.25, 0.3) is 0 Å². The van der Waals surface area contributed by atoms with Gasteiger partial charge in [-0.1, -0.05) is 32.1 Å². The first-order chi connectivity index (χ1) is 11.8. The van der Waals surface area contributed by atoms with Crippen LogP contribution in [0.5, 0.6) is 0 Å². The largest absolute Gasteiger partial charge is 0.351 e. The second kappa shape index (κ2) is 6.93. The third-order valence-electron chi connectivity index (χ3n) is 5.35. The smallest absolute Gasteiger partial charge is 0.325 e. The molecule has 0 aromatic rings. The molecule has 1 atom stereocenters. The summed E-state index contributed by atoms with van der Waals surface area (Å²) < 4.78 is 22.9. The van der Waals surface area contributed by atoms with Gasteiger partial charge in [-0.15, -0.1) is 0 Å². The van der Waals surface area contributed by atoms with Crippen LogP contribution in [-0.4, -0.2) is 60.8 Å². The van der Waals surface area contributed by atoms with Crippen LogP contribution in [0.3, 0.4) is 0 Å². The maximum Gasteiger partial charge on any atom is 0.325 e. The predicted octanol–water partition coefficient (Wildman–Crippen LogP) is 0.325. The first kappa shape index (κ1) is 18.2. The highest BCUT2D eigenvalue weighted by Crippen LogP contribution is 2.31. The number of amides is 4. The highest BCUT2D eigenvalue weighted by atomic mass is 32.2. The monoisotopic (exact) mass is 371 g/mol. The Morgan fingerprint density at radius 2 is 1.80 bits per heavy atom. The second-order valence-electron chi connectivity index (χ2n) is 7.34. The van der Waals surface area contributed by atoms with Gasteiger partial charge in [-0.2, -0.15) is 0 Å². The van der Waals surface area contributed by atoms with E-state index in [1.165, 1.54) is 0 Å². The molecule has 0 aromatic carbocycles. The van der Waals surface area contributed by atoms with Gasteiger partial charge in [-0.3, -0.25) is 14.5 Å². The average Bonchev–Trinajstić information content (AvgIpc) is 2.95. The highest BCUT2D eigenvalue weighted by molar-refractivity contribution is 7.91. The van der Waals surface area contributed by atoms with Crippen molar-refractivity contribution in [3.63, 3.8) is 0 Å². The first-order valence-corrected chi connectivity index (χ1v) is 10.8. The fraction of sp³-hybridized carbons (Fsp3) is 0.812. The number of hydrogen-bond donors (Lipinski definition) is 2. The van der Waals surface area contributed by atoms with Crippen molar-refractivity contribution in [2.45, 2.75) is 62.9 Å². The van der Waals surface area contributed by atoms with E-state index in [9.17, 15) is 22.8 Å². The Balaban J connectivity index is 1.61. The van der Waals surface area contributed by atoms with E-state index < -0.39 is 33.4 Å². The van der Waals surface area contributed by atoms with E-state index in [1.807, 2.05) is 0 Å². The van der Waals surface area contributed by atoms with Gasteiger partial charge in [0.25, 0.3) is 5.91 Å². The number of sulfone groups is 1. The van der Waals surface area contributed by atoms with Crippen LogP contribution in [0.15, 0.2) is 0 Å². The Hall–Kier alpha value is -1.64. The van der Waals surface area contributed by atoms with Gasteiger partial charge >= 0.3 is 6.03 Å². The zero-order chi connectivity index (χ0) is 18.1. The van der Waals surface area contributed by atoms with Crippen molar-refractivity contribution in [1.82, 2.24) is 15.5 Å². The molecule has 2 heterocycles. The normalized spacial score (nSPS) is 28.5. The molecule has 2 aliphatic heterocycles. The molecule has 1 spiro atoms. The van der Waals surface area contributed by atoms with Gasteiger partial charge in [-0.25, -0.2) is 13.2 Å². The molecule has 4 amide bonds. The van der Waals surface area contributed by atoms with E-state index in [2.05, 4.69) is 10.6 Å². The topological polar surface area (TPSA) is 113 Å². The van der Waals surface area contributed by atoms with E-state index in [4.69, 9.17) is 0 Å². The van der Waals surface area contributed by atoms with Gasteiger partial charge in [0.15, 0.2) is 9.84 Å². The Labute approximate surface area is 147 Å². The van der Waals surface area contributed by atoms with Crippen molar-refractivity contribution in [2.75, 3.05) is 18.1 Å². The van der Waals surface area contributed by atoms with Crippen molar-refractivity contribution in [1.29, 1.82) is 0 Å². The minimum absolute atomic E-state index is 0.0597. The van der Waals surface area contributed by atoms with Gasteiger partial charge < -0.3 is 10.6 Å². The zero-order valence-electron chi connectivity index (χ0n) is 14.3. The maximum atomic E-state index is 12.8. The number of nitrogens with one attached hydrogen (secondary N) is 2. The fourth-order valence-corrected chi connectivity index (χ4v) is 5.67. The summed E-state index contributed by atoms with van der Waals surface area (Å²) in [6.07, 6.45) is 6.58. The molecule has 2 saturated heterocycles. The average molecular weight is 371 g/mol. The van der Waals surface area contributed by atoms with Crippen molar-refractivity contribution < 1.29 is 22.8 Å². The standard InChI is InChI=1S/C16H25N3O5S/c20-13(17-12-6-9-25(23,24)11-12)10-19-14(21)16(18-15(19)22)7-4-2-1-3-5-8-16/h12H,1-11H2,(H,17,20)(H,18,22)/t12-/m1/s1. The number of imide groups is 1. The van der Waals surface area contributed by atoms with Gasteiger partial charge in [0.1, 0.15) is 12.1 Å². The molecule has 3 rings (SSSR count). The van der Waals surface area contributed by atoms with Crippen LogP contribution in [0.1, 0.15) is 51.4 Å². The molecule has 0 unspecified atom stereocenters. The van der Waals surface area contributed by atoms with E-state index >= 15 is 0 Å². The molecule has 0 bridgehead atoms. The Morgan fingerprint density at radius 3 is 2.40 bits per heavy atom. The van der Waals surface area contributed by atoms with Crippen LogP contribution >= 0.6 is 0 Å². The van der Waals surface area contributed by atoms with Crippen molar-refractivity contribution >= 4 is 27.7 Å². The number of carbonyl (C=O) groups is 3. The summed E-state index contributed by atoms with van der Waals surface area (Å²) in [5.41, 5.74) is -0.867. The Bertz CT molecular complexity index is 667. The zero-order valence-corrected chi connectivity index (χ0v) is 15.1. The number of rotatable bonds is 3. The molecule has 3 fully saturated rings. The maximum absolute atomic E-state index is 12.8. The Morgan fingerprint density at radius 1 is 1.16 bits per heavy atom. The van der Waals surface area contributed by atoms with Crippen LogP contribution in [0.2, 0.25) is 0 Å². The highest BCUT2D eigenvalue weighted by Gasteiger charge is 2.50. The lowest BCUT2D eigenvalue weighted by Gasteiger charge is -2.28. The number of carbonyl (C=O) groups excluding carboxylic acids is 3. The van der Waals surface area contributed by atoms with Gasteiger partial charge in [0, 0.05) is 6.04 Å². The summed E-state index contributed by atoms with van der Waals surface area (Å²) in [5.74, 6) is -0.838. The Kier molecular flexibility index (Phi) is 5.04. The van der Waals surface area contributed by atoms with Gasteiger partial charge in [-0.05, 0) is 19.3 Å². The summed E-state index contributed by atoms with van der Waals surface area (Å²) >= 11 is 0. The van der Waals surface area contributed by atoms with E-state index in [-0.39, 0.29) is 24.0 Å². The minimum Gasteiger partial charge on any atom is -0.351 e. The summed E-state index contributed by atoms with van der Waals surface area (Å²) in [6, 6.07) is -0.964. The van der Waals surface area contributed by atoms with Gasteiger partial charge in [0.2, 0.25) is 5.91 Å². The van der Waals surface area contributed by atoms with Crippen molar-refractivity contribution in [2.24, 2.45) is 0 Å². The first-order valence-electron chi connectivity index (χ1n) is 8.95. The second-order valence-corrected chi connectivity index (χ2v) is 9.57. The molecular weight excluding hydrogens is 346 g/mol. The van der Waals surface area contributed by atoms with Crippen LogP contribution in [-0.2, 0) is 19.4 Å². The SMILES string of the molecule is O=C(CN1C(=O)NC2(CCCCCCC2)C1=O)N[C@@H]1CCS(=O)(=O)C1. The summed E-state index contributed by atoms with van der Waals surface area (Å²) in [6.45, 7) is -0.358. The fourth-order valence-electron chi connectivity index (χ4n) is 3.99. The molecule has 25 heavy (non-hydrogen) atoms. The van der Waals surface area contributed by atoms with E-state index in [0.717, 1.165) is 37.0 Å². The molecule has 0 radical (unpaired) electrons. The third kappa shape index (κ3) is 3.96. The molecule has 1 aliphatic carbocycles. The lowest BCUT2D eigenvalue weighted by atomic mass is 9.84. The molecular formula is C16H25N3O5S. The number of hydrogen-bond acceptors (Lipinski definition) is 5. The van der Waals surface area contributed by atoms with E-state index in [0.29, 0.717) is 19.3 Å². The summed E-state index contributed by atoms with van der Waals surface area (Å²) in [7, 11) is -3.09. The molecule has 140 valence electrons. The molecule has 1 saturated carbocycles. The van der Waals surface area contributed by atoms with Crippen molar-refractivity contribution in [3.8, 4) is 0 Å². The summed E-state index contributed by atoms with van der Waals surface area (Å²) in [5, 5.41) is 5.43. The molecule has 0 aromatic heterocycles. The van der Waals surface area contributed by atoms with E-state index in [1.54, 1.807) is 0 Å². The molecule has 9 heteroatoms.